The van der Waals surface area contributed by atoms with Gasteiger partial charge in [0.15, 0.2) is 6.10 Å². The number of rotatable bonds is 9. The molecule has 0 saturated carbocycles. The summed E-state index contributed by atoms with van der Waals surface area (Å²) >= 11 is 0. The van der Waals surface area contributed by atoms with Crippen LogP contribution in [-0.4, -0.2) is 37.5 Å². The summed E-state index contributed by atoms with van der Waals surface area (Å²) in [6.07, 6.45) is -1.05. The molecule has 33 heavy (non-hydrogen) atoms. The van der Waals surface area contributed by atoms with Crippen molar-refractivity contribution >= 4 is 23.5 Å². The number of amides is 2. The molecule has 0 spiro atoms. The van der Waals surface area contributed by atoms with Gasteiger partial charge in [-0.25, -0.2) is 0 Å². The average molecular weight is 448 g/mol. The Labute approximate surface area is 191 Å². The number of carbonyl (C=O) groups excluding carboxylic acids is 3. The first kappa shape index (κ1) is 23.3. The van der Waals surface area contributed by atoms with Gasteiger partial charge >= 0.3 is 5.97 Å². The summed E-state index contributed by atoms with van der Waals surface area (Å²) in [5.74, 6) is -0.0312. The van der Waals surface area contributed by atoms with Crippen LogP contribution in [0.4, 0.5) is 5.69 Å². The predicted octanol–water partition coefficient (Wildman–Crippen LogP) is 3.79. The minimum Gasteiger partial charge on any atom is -0.496 e. The van der Waals surface area contributed by atoms with E-state index >= 15 is 0 Å². The van der Waals surface area contributed by atoms with Crippen molar-refractivity contribution in [3.8, 4) is 17.2 Å². The van der Waals surface area contributed by atoms with Crippen LogP contribution in [0.5, 0.6) is 17.2 Å². The summed E-state index contributed by atoms with van der Waals surface area (Å²) in [5, 5.41) is 5.12. The first-order valence-electron chi connectivity index (χ1n) is 10.2. The quantitative estimate of drug-likeness (QED) is 0.483. The van der Waals surface area contributed by atoms with E-state index in [1.165, 1.54) is 14.0 Å². The second-order valence-corrected chi connectivity index (χ2v) is 6.94. The molecule has 0 aliphatic carbocycles. The van der Waals surface area contributed by atoms with Crippen LogP contribution in [0.15, 0.2) is 78.9 Å². The monoisotopic (exact) mass is 448 g/mol. The van der Waals surface area contributed by atoms with E-state index in [-0.39, 0.29) is 6.54 Å². The second-order valence-electron chi connectivity index (χ2n) is 6.94. The van der Waals surface area contributed by atoms with Gasteiger partial charge in [-0.15, -0.1) is 0 Å². The molecule has 1 atom stereocenters. The van der Waals surface area contributed by atoms with Crippen LogP contribution in [0.1, 0.15) is 17.3 Å². The van der Waals surface area contributed by atoms with E-state index in [4.69, 9.17) is 14.2 Å². The third-order valence-corrected chi connectivity index (χ3v) is 4.52. The van der Waals surface area contributed by atoms with Gasteiger partial charge < -0.3 is 24.8 Å². The predicted molar refractivity (Wildman–Crippen MR) is 122 cm³/mol. The fourth-order valence-electron chi connectivity index (χ4n) is 2.85. The highest BCUT2D eigenvalue weighted by Gasteiger charge is 2.19. The van der Waals surface area contributed by atoms with Crippen LogP contribution in [0.2, 0.25) is 0 Å². The van der Waals surface area contributed by atoms with Gasteiger partial charge in [0.2, 0.25) is 0 Å². The number of ether oxygens (including phenoxy) is 3. The number of hydrogen-bond donors (Lipinski definition) is 2. The van der Waals surface area contributed by atoms with Crippen molar-refractivity contribution in [3.05, 3.63) is 84.4 Å². The molecule has 0 aromatic heterocycles. The number of nitrogens with one attached hydrogen (secondary N) is 2. The zero-order valence-corrected chi connectivity index (χ0v) is 18.2. The number of hydrogen-bond acceptors (Lipinski definition) is 6. The summed E-state index contributed by atoms with van der Waals surface area (Å²) in [5.41, 5.74) is 0.811. The summed E-state index contributed by atoms with van der Waals surface area (Å²) < 4.78 is 15.9. The summed E-state index contributed by atoms with van der Waals surface area (Å²) in [6, 6.07) is 22.7. The van der Waals surface area contributed by atoms with Crippen LogP contribution in [0.25, 0.3) is 0 Å². The maximum Gasteiger partial charge on any atom is 0.326 e. The van der Waals surface area contributed by atoms with E-state index in [0.717, 1.165) is 0 Å². The molecule has 2 N–H and O–H groups in total. The Morgan fingerprint density at radius 3 is 2.18 bits per heavy atom. The van der Waals surface area contributed by atoms with E-state index in [1.54, 1.807) is 48.5 Å². The lowest BCUT2D eigenvalue weighted by molar-refractivity contribution is -0.152. The Morgan fingerprint density at radius 2 is 1.48 bits per heavy atom. The lowest BCUT2D eigenvalue weighted by Gasteiger charge is -2.14. The summed E-state index contributed by atoms with van der Waals surface area (Å²) in [6.45, 7) is 1.06. The summed E-state index contributed by atoms with van der Waals surface area (Å²) in [7, 11) is 1.45. The molecule has 8 nitrogen and oxygen atoms in total. The van der Waals surface area contributed by atoms with Crippen molar-refractivity contribution in [1.29, 1.82) is 0 Å². The van der Waals surface area contributed by atoms with Crippen LogP contribution in [-0.2, 0) is 14.3 Å². The molecule has 2 amide bonds. The molecule has 0 aliphatic heterocycles. The van der Waals surface area contributed by atoms with E-state index in [9.17, 15) is 14.4 Å². The van der Waals surface area contributed by atoms with Gasteiger partial charge in [0.1, 0.15) is 23.8 Å². The molecule has 170 valence electrons. The number of para-hydroxylation sites is 2. The smallest absolute Gasteiger partial charge is 0.326 e. The Morgan fingerprint density at radius 1 is 0.848 bits per heavy atom. The van der Waals surface area contributed by atoms with Crippen LogP contribution in [0.3, 0.4) is 0 Å². The highest BCUT2D eigenvalue weighted by atomic mass is 16.5. The van der Waals surface area contributed by atoms with E-state index in [1.807, 2.05) is 30.3 Å². The molecule has 0 fully saturated rings. The molecule has 3 rings (SSSR count). The Hall–Kier alpha value is -4.33. The molecule has 0 radical (unpaired) electrons. The van der Waals surface area contributed by atoms with Crippen molar-refractivity contribution in [3.63, 3.8) is 0 Å². The minimum atomic E-state index is -1.05. The number of carbonyl (C=O) groups is 3. The fourth-order valence-corrected chi connectivity index (χ4v) is 2.85. The van der Waals surface area contributed by atoms with Gasteiger partial charge in [-0.05, 0) is 55.5 Å². The Bertz CT molecular complexity index is 1100. The molecule has 0 saturated heterocycles. The van der Waals surface area contributed by atoms with Crippen molar-refractivity contribution in [2.75, 3.05) is 19.0 Å². The summed E-state index contributed by atoms with van der Waals surface area (Å²) in [4.78, 5) is 36.6. The number of esters is 1. The normalized spacial score (nSPS) is 11.1. The van der Waals surface area contributed by atoms with Gasteiger partial charge in [0.05, 0.1) is 12.7 Å². The highest BCUT2D eigenvalue weighted by Crippen LogP contribution is 2.22. The maximum absolute atomic E-state index is 12.3. The molecular weight excluding hydrogens is 424 g/mol. The Kier molecular flexibility index (Phi) is 8.02. The third-order valence-electron chi connectivity index (χ3n) is 4.52. The van der Waals surface area contributed by atoms with Crippen molar-refractivity contribution < 1.29 is 28.6 Å². The molecular formula is C25H24N2O6. The third kappa shape index (κ3) is 6.83. The second kappa shape index (κ2) is 11.3. The lowest BCUT2D eigenvalue weighted by Crippen LogP contribution is -2.35. The van der Waals surface area contributed by atoms with Crippen LogP contribution >= 0.6 is 0 Å². The van der Waals surface area contributed by atoms with Gasteiger partial charge in [-0.2, -0.15) is 0 Å². The first-order chi connectivity index (χ1) is 16.0. The van der Waals surface area contributed by atoms with Gasteiger partial charge in [-0.3, -0.25) is 14.4 Å². The SMILES string of the molecule is COc1ccccc1C(=O)NCC(=O)OC(C)C(=O)Nc1ccc(Oc2ccccc2)cc1. The van der Waals surface area contributed by atoms with Gasteiger partial charge in [0.25, 0.3) is 11.8 Å². The maximum atomic E-state index is 12.3. The molecule has 3 aromatic carbocycles. The van der Waals surface area contributed by atoms with Gasteiger partial charge in [-0.1, -0.05) is 30.3 Å². The highest BCUT2D eigenvalue weighted by molar-refractivity contribution is 5.99. The zero-order valence-electron chi connectivity index (χ0n) is 18.2. The number of benzene rings is 3. The van der Waals surface area contributed by atoms with Crippen LogP contribution in [0, 0.1) is 0 Å². The lowest BCUT2D eigenvalue weighted by atomic mass is 10.2. The molecule has 0 aliphatic rings. The largest absolute Gasteiger partial charge is 0.496 e. The van der Waals surface area contributed by atoms with Gasteiger partial charge in [0, 0.05) is 5.69 Å². The first-order valence-corrected chi connectivity index (χ1v) is 10.2. The van der Waals surface area contributed by atoms with Crippen LogP contribution < -0.4 is 20.1 Å². The average Bonchev–Trinajstić information content (AvgIpc) is 2.84. The Balaban J connectivity index is 1.46. The molecule has 0 bridgehead atoms. The van der Waals surface area contributed by atoms with E-state index in [2.05, 4.69) is 10.6 Å². The topological polar surface area (TPSA) is 103 Å². The standard InChI is InChI=1S/C25H24N2O6/c1-17(32-23(28)16-26-25(30)21-10-6-7-11-22(21)31-2)24(29)27-18-12-14-20(15-13-18)33-19-8-4-3-5-9-19/h3-15,17H,16H2,1-2H3,(H,26,30)(H,27,29). The van der Waals surface area contributed by atoms with Crippen molar-refractivity contribution in [2.45, 2.75) is 13.0 Å². The van der Waals surface area contributed by atoms with E-state index in [0.29, 0.717) is 28.5 Å². The van der Waals surface area contributed by atoms with E-state index < -0.39 is 23.9 Å². The fraction of sp³-hybridized carbons (Fsp3) is 0.160. The molecule has 8 heteroatoms. The number of anilines is 1. The molecule has 1 unspecified atom stereocenters. The van der Waals surface area contributed by atoms with Crippen molar-refractivity contribution in [1.82, 2.24) is 5.32 Å². The van der Waals surface area contributed by atoms with Crippen molar-refractivity contribution in [2.24, 2.45) is 0 Å². The zero-order chi connectivity index (χ0) is 23.6. The molecule has 3 aromatic rings. The molecule has 0 heterocycles. The minimum absolute atomic E-state index is 0.290. The number of methoxy groups -OCH3 is 1.